The van der Waals surface area contributed by atoms with Crippen LogP contribution in [-0.4, -0.2) is 89.3 Å². The van der Waals surface area contributed by atoms with E-state index in [1.54, 1.807) is 6.07 Å². The normalized spacial score (nSPS) is 10.4. The van der Waals surface area contributed by atoms with Crippen LogP contribution in [0.25, 0.3) is 0 Å². The highest BCUT2D eigenvalue weighted by Gasteiger charge is 2.32. The smallest absolute Gasteiger partial charge is 0.407 e. The van der Waals surface area contributed by atoms with Gasteiger partial charge in [0.15, 0.2) is 0 Å². The molecule has 0 aliphatic heterocycles. The third-order valence-electron chi connectivity index (χ3n) is 5.11. The number of nitrogens with one attached hydrogen (secondary N) is 2. The third kappa shape index (κ3) is 13.0. The summed E-state index contributed by atoms with van der Waals surface area (Å²) in [5.74, 6) is -2.83. The van der Waals surface area contributed by atoms with Crippen LogP contribution in [0.15, 0.2) is 48.6 Å². The van der Waals surface area contributed by atoms with E-state index in [4.69, 9.17) is 28.4 Å². The van der Waals surface area contributed by atoms with Crippen LogP contribution in [0.5, 0.6) is 0 Å². The van der Waals surface area contributed by atoms with Crippen molar-refractivity contribution in [2.75, 3.05) is 53.2 Å². The molecule has 1 rings (SSSR count). The highest BCUT2D eigenvalue weighted by Crippen LogP contribution is 2.21. The van der Waals surface area contributed by atoms with Crippen molar-refractivity contribution in [3.63, 3.8) is 0 Å². The number of hydrogen-bond donors (Lipinski definition) is 2. The first-order valence-electron chi connectivity index (χ1n) is 12.6. The summed E-state index contributed by atoms with van der Waals surface area (Å²) in [6.07, 6.45) is -1.75. The molecule has 0 aromatic heterocycles. The van der Waals surface area contributed by atoms with E-state index in [0.29, 0.717) is 0 Å². The first kappa shape index (κ1) is 35.1. The zero-order valence-electron chi connectivity index (χ0n) is 24.1. The Balaban J connectivity index is 2.80. The molecule has 0 bridgehead atoms. The Morgan fingerprint density at radius 2 is 1.10 bits per heavy atom. The van der Waals surface area contributed by atoms with Gasteiger partial charge in [0.1, 0.15) is 33.0 Å². The lowest BCUT2D eigenvalue weighted by molar-refractivity contribution is -0.139. The highest BCUT2D eigenvalue weighted by molar-refractivity contribution is 6.03. The van der Waals surface area contributed by atoms with Gasteiger partial charge in [0.2, 0.25) is 0 Å². The number of benzene rings is 1. The summed E-state index contributed by atoms with van der Waals surface area (Å²) < 4.78 is 30.2. The standard InChI is InChI=1S/C28H36N2O12/c1-18(2)22(31)38-13-11-29-26(35)41-16-28(5,17-42-27(36)30-12-14-39-23(32)19(3)4)15-40-25(34)21-10-8-7-9-20(21)24(33)37-6/h7-10H,1,3,11-17H2,2,4-6H3,(H,29,35)(H,30,36). The Morgan fingerprint density at radius 1 is 0.690 bits per heavy atom. The van der Waals surface area contributed by atoms with E-state index < -0.39 is 48.1 Å². The molecule has 0 saturated heterocycles. The summed E-state index contributed by atoms with van der Waals surface area (Å²) >= 11 is 0. The van der Waals surface area contributed by atoms with Crippen LogP contribution in [0.3, 0.4) is 0 Å². The molecule has 0 radical (unpaired) electrons. The molecule has 14 heteroatoms. The van der Waals surface area contributed by atoms with Crippen LogP contribution in [0.4, 0.5) is 9.59 Å². The minimum atomic E-state index is -1.25. The molecular weight excluding hydrogens is 556 g/mol. The van der Waals surface area contributed by atoms with Gasteiger partial charge >= 0.3 is 36.1 Å². The molecule has 0 fully saturated rings. The number of esters is 4. The minimum Gasteiger partial charge on any atom is -0.465 e. The van der Waals surface area contributed by atoms with Gasteiger partial charge in [-0.15, -0.1) is 0 Å². The Hall–Kier alpha value is -4.88. The molecule has 42 heavy (non-hydrogen) atoms. The number of methoxy groups -OCH3 is 1. The van der Waals surface area contributed by atoms with E-state index in [0.717, 1.165) is 0 Å². The van der Waals surface area contributed by atoms with Gasteiger partial charge in [-0.05, 0) is 32.9 Å². The van der Waals surface area contributed by atoms with Gasteiger partial charge in [0.05, 0.1) is 36.7 Å². The fraction of sp³-hybridized carbons (Fsp3) is 0.429. The number of carbonyl (C=O) groups is 6. The van der Waals surface area contributed by atoms with Gasteiger partial charge in [-0.25, -0.2) is 28.8 Å². The van der Waals surface area contributed by atoms with Crippen LogP contribution in [0.2, 0.25) is 0 Å². The average Bonchev–Trinajstić information content (AvgIpc) is 2.97. The molecule has 230 valence electrons. The Labute approximate surface area is 243 Å². The first-order chi connectivity index (χ1) is 19.8. The Morgan fingerprint density at radius 3 is 1.50 bits per heavy atom. The second-order valence-corrected chi connectivity index (χ2v) is 9.26. The van der Waals surface area contributed by atoms with Crippen LogP contribution in [-0.2, 0) is 38.0 Å². The molecule has 0 saturated carbocycles. The zero-order chi connectivity index (χ0) is 31.7. The lowest BCUT2D eigenvalue weighted by Crippen LogP contribution is -2.40. The molecule has 1 aromatic rings. The van der Waals surface area contributed by atoms with Crippen LogP contribution < -0.4 is 10.6 Å². The highest BCUT2D eigenvalue weighted by atomic mass is 16.6. The topological polar surface area (TPSA) is 182 Å². The summed E-state index contributed by atoms with van der Waals surface area (Å²) in [6, 6.07) is 5.85. The molecule has 0 aliphatic rings. The fourth-order valence-corrected chi connectivity index (χ4v) is 2.81. The van der Waals surface area contributed by atoms with E-state index in [2.05, 4.69) is 23.8 Å². The van der Waals surface area contributed by atoms with Gasteiger partial charge in [0, 0.05) is 11.1 Å². The number of alkyl carbamates (subject to hydrolysis) is 2. The van der Waals surface area contributed by atoms with E-state index in [1.807, 2.05) is 0 Å². The molecule has 1 aromatic carbocycles. The van der Waals surface area contributed by atoms with E-state index in [1.165, 1.54) is 46.1 Å². The average molecular weight is 593 g/mol. The molecule has 14 nitrogen and oxygen atoms in total. The molecular formula is C28H36N2O12. The van der Waals surface area contributed by atoms with Gasteiger partial charge < -0.3 is 39.1 Å². The second-order valence-electron chi connectivity index (χ2n) is 9.26. The molecule has 0 spiro atoms. The first-order valence-corrected chi connectivity index (χ1v) is 12.6. The van der Waals surface area contributed by atoms with Crippen molar-refractivity contribution in [2.45, 2.75) is 20.8 Å². The number of amides is 2. The summed E-state index contributed by atoms with van der Waals surface area (Å²) in [6.45, 7) is 9.88. The lowest BCUT2D eigenvalue weighted by atomic mass is 9.94. The summed E-state index contributed by atoms with van der Waals surface area (Å²) in [5.41, 5.74) is -0.915. The molecule has 2 amide bonds. The Bertz CT molecular complexity index is 1130. The van der Waals surface area contributed by atoms with Crippen LogP contribution >= 0.6 is 0 Å². The lowest BCUT2D eigenvalue weighted by Gasteiger charge is -2.28. The van der Waals surface area contributed by atoms with E-state index in [-0.39, 0.29) is 61.8 Å². The maximum absolute atomic E-state index is 12.8. The number of ether oxygens (including phenoxy) is 6. The van der Waals surface area contributed by atoms with E-state index >= 15 is 0 Å². The van der Waals surface area contributed by atoms with Crippen molar-refractivity contribution in [3.05, 3.63) is 59.7 Å². The van der Waals surface area contributed by atoms with Crippen molar-refractivity contribution in [1.29, 1.82) is 0 Å². The van der Waals surface area contributed by atoms with Gasteiger partial charge in [-0.2, -0.15) is 0 Å². The van der Waals surface area contributed by atoms with Crippen molar-refractivity contribution < 1.29 is 57.2 Å². The third-order valence-corrected chi connectivity index (χ3v) is 5.11. The van der Waals surface area contributed by atoms with Gasteiger partial charge in [0.25, 0.3) is 0 Å². The zero-order valence-corrected chi connectivity index (χ0v) is 24.1. The summed E-state index contributed by atoms with van der Waals surface area (Å²) in [5, 5.41) is 4.78. The van der Waals surface area contributed by atoms with E-state index in [9.17, 15) is 28.8 Å². The minimum absolute atomic E-state index is 0.0161. The van der Waals surface area contributed by atoms with Crippen molar-refractivity contribution in [2.24, 2.45) is 5.41 Å². The maximum Gasteiger partial charge on any atom is 0.407 e. The predicted octanol–water partition coefficient (Wildman–Crippen LogP) is 2.33. The maximum atomic E-state index is 12.8. The quantitative estimate of drug-likeness (QED) is 0.124. The van der Waals surface area contributed by atoms with Crippen molar-refractivity contribution in [1.82, 2.24) is 10.6 Å². The van der Waals surface area contributed by atoms with Crippen LogP contribution in [0, 0.1) is 5.41 Å². The summed E-state index contributed by atoms with van der Waals surface area (Å²) in [4.78, 5) is 72.0. The Kier molecular flexibility index (Phi) is 14.8. The molecule has 0 unspecified atom stereocenters. The van der Waals surface area contributed by atoms with Crippen LogP contribution in [0.1, 0.15) is 41.5 Å². The number of rotatable bonds is 16. The number of hydrogen-bond acceptors (Lipinski definition) is 12. The monoisotopic (exact) mass is 592 g/mol. The van der Waals surface area contributed by atoms with Gasteiger partial charge in [-0.1, -0.05) is 25.3 Å². The molecule has 2 N–H and O–H groups in total. The SMILES string of the molecule is C=C(C)C(=O)OCCNC(=O)OCC(C)(COC(=O)NCCOC(=O)C(=C)C)COC(=O)c1ccccc1C(=O)OC. The molecule has 0 heterocycles. The van der Waals surface area contributed by atoms with Crippen molar-refractivity contribution in [3.8, 4) is 0 Å². The largest absolute Gasteiger partial charge is 0.465 e. The predicted molar refractivity (Wildman–Crippen MR) is 146 cm³/mol. The van der Waals surface area contributed by atoms with Crippen molar-refractivity contribution >= 4 is 36.1 Å². The van der Waals surface area contributed by atoms with Gasteiger partial charge in [-0.3, -0.25) is 0 Å². The number of carbonyl (C=O) groups excluding carboxylic acids is 6. The molecule has 0 atom stereocenters. The fourth-order valence-electron chi connectivity index (χ4n) is 2.81. The molecule has 0 aliphatic carbocycles. The second kappa shape index (κ2) is 17.7. The summed E-state index contributed by atoms with van der Waals surface area (Å²) in [7, 11) is 1.17.